The molecule has 0 unspecified atom stereocenters. The van der Waals surface area contributed by atoms with E-state index in [9.17, 15) is 14.4 Å². The van der Waals surface area contributed by atoms with Crippen LogP contribution in [-0.2, 0) is 27.3 Å². The van der Waals surface area contributed by atoms with Gasteiger partial charge in [-0.25, -0.2) is 4.98 Å². The van der Waals surface area contributed by atoms with Gasteiger partial charge in [0.1, 0.15) is 17.0 Å². The lowest BCUT2D eigenvalue weighted by Gasteiger charge is -2.29. The molecule has 2 N–H and O–H groups in total. The number of carbonyl (C=O) groups is 3. The quantitative estimate of drug-likeness (QED) is 0.163. The summed E-state index contributed by atoms with van der Waals surface area (Å²) in [6.07, 6.45) is 15.3. The van der Waals surface area contributed by atoms with Crippen LogP contribution in [-0.4, -0.2) is 32.9 Å². The molecule has 3 aliphatic rings. The molecule has 0 bridgehead atoms. The zero-order chi connectivity index (χ0) is 31.7. The van der Waals surface area contributed by atoms with Crippen LogP contribution in [0.1, 0.15) is 104 Å². The van der Waals surface area contributed by atoms with Crippen molar-refractivity contribution in [1.29, 1.82) is 0 Å². The van der Waals surface area contributed by atoms with Crippen LogP contribution in [0.25, 0.3) is 28.4 Å². The van der Waals surface area contributed by atoms with Gasteiger partial charge in [-0.05, 0) is 79.5 Å². The first-order valence-electron chi connectivity index (χ1n) is 16.6. The zero-order valence-corrected chi connectivity index (χ0v) is 26.3. The van der Waals surface area contributed by atoms with E-state index < -0.39 is 5.54 Å². The third kappa shape index (κ3) is 5.74. The highest BCUT2D eigenvalue weighted by Gasteiger charge is 2.43. The molecule has 9 heteroatoms. The molecule has 46 heavy (non-hydrogen) atoms. The number of fused-ring (bicyclic) bond motifs is 5. The molecule has 0 radical (unpaired) electrons. The number of rotatable bonds is 7. The molecule has 2 fully saturated rings. The highest BCUT2D eigenvalue weighted by molar-refractivity contribution is 6.06. The van der Waals surface area contributed by atoms with Crippen LogP contribution in [0.2, 0.25) is 0 Å². The fourth-order valence-electron chi connectivity index (χ4n) is 7.66. The van der Waals surface area contributed by atoms with Crippen molar-refractivity contribution in [2.24, 2.45) is 0 Å². The minimum Gasteiger partial charge on any atom is -0.448 e. The zero-order valence-electron chi connectivity index (χ0n) is 26.3. The Morgan fingerprint density at radius 2 is 1.78 bits per heavy atom. The largest absolute Gasteiger partial charge is 0.448 e. The number of aromatic nitrogens is 2. The second kappa shape index (κ2) is 12.6. The Kier molecular flexibility index (Phi) is 8.23. The summed E-state index contributed by atoms with van der Waals surface area (Å²) in [6, 6.07) is 13.3. The van der Waals surface area contributed by atoms with Crippen LogP contribution in [0.3, 0.4) is 0 Å². The van der Waals surface area contributed by atoms with E-state index in [-0.39, 0.29) is 17.8 Å². The van der Waals surface area contributed by atoms with E-state index in [2.05, 4.69) is 26.3 Å². The maximum Gasteiger partial charge on any atom is 0.307 e. The van der Waals surface area contributed by atoms with E-state index >= 15 is 0 Å². The molecule has 0 spiro atoms. The number of nitrogens with one attached hydrogen (secondary N) is 2. The molecule has 4 aromatic rings. The molecule has 0 atom stereocenters. The minimum absolute atomic E-state index is 0.211. The van der Waals surface area contributed by atoms with Crippen LogP contribution in [0, 0.1) is 0 Å². The van der Waals surface area contributed by atoms with Gasteiger partial charge in [0, 0.05) is 42.0 Å². The summed E-state index contributed by atoms with van der Waals surface area (Å²) in [7, 11) is 0. The normalized spacial score (nSPS) is 17.8. The molecule has 0 saturated heterocycles. The van der Waals surface area contributed by atoms with Gasteiger partial charge in [0.05, 0.1) is 12.0 Å². The van der Waals surface area contributed by atoms with Gasteiger partial charge in [-0.2, -0.15) is 0 Å². The minimum atomic E-state index is -0.987. The van der Waals surface area contributed by atoms with E-state index in [0.717, 1.165) is 73.3 Å². The SMILES string of the molecule is CC(=O)O/C=C/c1ccc(NC(=O)C2(NC(=O)c3ccc4c(C5CCCCC5)c5n(c4c3)CCCc3ocnc3-5)CCCC2)cc1. The third-order valence-corrected chi connectivity index (χ3v) is 9.94. The lowest BCUT2D eigenvalue weighted by molar-refractivity contribution is -0.135. The Bertz CT molecular complexity index is 1800. The Morgan fingerprint density at radius 1 is 1.00 bits per heavy atom. The summed E-state index contributed by atoms with van der Waals surface area (Å²) in [5.41, 5.74) is 5.51. The summed E-state index contributed by atoms with van der Waals surface area (Å²) in [4.78, 5) is 43.3. The Hall–Kier alpha value is -4.66. The molecular weight excluding hydrogens is 580 g/mol. The van der Waals surface area contributed by atoms with E-state index in [1.807, 2.05) is 24.3 Å². The van der Waals surface area contributed by atoms with Gasteiger partial charge >= 0.3 is 5.97 Å². The number of aryl methyl sites for hydroxylation is 2. The molecule has 3 heterocycles. The molecule has 2 amide bonds. The highest BCUT2D eigenvalue weighted by Crippen LogP contribution is 2.46. The summed E-state index contributed by atoms with van der Waals surface area (Å²) in [5, 5.41) is 7.38. The van der Waals surface area contributed by atoms with Crippen LogP contribution >= 0.6 is 0 Å². The molecular formula is C37H40N4O5. The number of carbonyl (C=O) groups excluding carboxylic acids is 3. The van der Waals surface area contributed by atoms with Crippen molar-refractivity contribution in [2.45, 2.75) is 95.6 Å². The smallest absolute Gasteiger partial charge is 0.307 e. The molecule has 7 rings (SSSR count). The topological polar surface area (TPSA) is 115 Å². The second-order valence-electron chi connectivity index (χ2n) is 12.9. The number of hydrogen-bond donors (Lipinski definition) is 2. The molecule has 238 valence electrons. The Balaban J connectivity index is 1.16. The number of anilines is 1. The number of benzene rings is 2. The van der Waals surface area contributed by atoms with E-state index in [4.69, 9.17) is 9.15 Å². The van der Waals surface area contributed by atoms with Crippen molar-refractivity contribution in [3.05, 3.63) is 77.6 Å². The maximum atomic E-state index is 13.9. The number of esters is 1. The summed E-state index contributed by atoms with van der Waals surface area (Å²) in [6.45, 7) is 2.18. The molecule has 2 aromatic carbocycles. The first-order valence-corrected chi connectivity index (χ1v) is 16.6. The van der Waals surface area contributed by atoms with Crippen molar-refractivity contribution < 1.29 is 23.5 Å². The molecule has 9 nitrogen and oxygen atoms in total. The van der Waals surface area contributed by atoms with Gasteiger partial charge in [0.15, 0.2) is 6.39 Å². The lowest BCUT2D eigenvalue weighted by atomic mass is 9.82. The van der Waals surface area contributed by atoms with Crippen molar-refractivity contribution >= 4 is 40.4 Å². The van der Waals surface area contributed by atoms with Crippen LogP contribution in [0.15, 0.2) is 59.5 Å². The highest BCUT2D eigenvalue weighted by atomic mass is 16.5. The number of amides is 2. The number of nitrogens with zero attached hydrogens (tertiary/aromatic N) is 2. The van der Waals surface area contributed by atoms with E-state index in [1.165, 1.54) is 43.4 Å². The van der Waals surface area contributed by atoms with E-state index in [0.29, 0.717) is 30.0 Å². The maximum absolute atomic E-state index is 13.9. The Labute approximate surface area is 268 Å². The van der Waals surface area contributed by atoms with Gasteiger partial charge in [-0.15, -0.1) is 0 Å². The van der Waals surface area contributed by atoms with Gasteiger partial charge < -0.3 is 24.4 Å². The number of ether oxygens (including phenoxy) is 1. The summed E-state index contributed by atoms with van der Waals surface area (Å²) < 4.78 is 13.0. The average molecular weight is 621 g/mol. The Morgan fingerprint density at radius 3 is 2.54 bits per heavy atom. The average Bonchev–Trinajstić information content (AvgIpc) is 3.78. The van der Waals surface area contributed by atoms with Crippen molar-refractivity contribution in [3.63, 3.8) is 0 Å². The van der Waals surface area contributed by atoms with Crippen molar-refractivity contribution in [1.82, 2.24) is 14.9 Å². The lowest BCUT2D eigenvalue weighted by Crippen LogP contribution is -2.55. The number of oxazole rings is 1. The van der Waals surface area contributed by atoms with Crippen LogP contribution in [0.5, 0.6) is 0 Å². The summed E-state index contributed by atoms with van der Waals surface area (Å²) >= 11 is 0. The first kappa shape index (κ1) is 30.0. The van der Waals surface area contributed by atoms with Crippen LogP contribution in [0.4, 0.5) is 5.69 Å². The first-order chi connectivity index (χ1) is 22.4. The third-order valence-electron chi connectivity index (χ3n) is 9.94. The van der Waals surface area contributed by atoms with Gasteiger partial charge in [-0.3, -0.25) is 14.4 Å². The van der Waals surface area contributed by atoms with Crippen molar-refractivity contribution in [2.75, 3.05) is 5.32 Å². The monoisotopic (exact) mass is 620 g/mol. The summed E-state index contributed by atoms with van der Waals surface area (Å²) in [5.74, 6) is 0.563. The van der Waals surface area contributed by atoms with Crippen molar-refractivity contribution in [3.8, 4) is 11.4 Å². The molecule has 2 saturated carbocycles. The fourth-order valence-corrected chi connectivity index (χ4v) is 7.66. The molecule has 2 aromatic heterocycles. The standard InChI is InChI=1S/C37H40N4O5/c1-24(42)45-21-17-25-11-14-28(15-12-25)39-36(44)37(18-5-6-19-37)40-35(43)27-13-16-29-30(22-27)41-20-7-10-31-33(38-23-46-31)34(41)32(29)26-8-3-2-4-9-26/h11-17,21-23,26H,2-10,18-20H2,1H3,(H,39,44)(H,40,43)/b21-17+. The molecule has 2 aliphatic carbocycles. The van der Waals surface area contributed by atoms with Gasteiger partial charge in [0.2, 0.25) is 5.91 Å². The van der Waals surface area contributed by atoms with Gasteiger partial charge in [0.25, 0.3) is 5.91 Å². The number of hydrogen-bond acceptors (Lipinski definition) is 6. The predicted molar refractivity (Wildman–Crippen MR) is 176 cm³/mol. The second-order valence-corrected chi connectivity index (χ2v) is 12.9. The van der Waals surface area contributed by atoms with E-state index in [1.54, 1.807) is 24.6 Å². The van der Waals surface area contributed by atoms with Crippen LogP contribution < -0.4 is 10.6 Å². The predicted octanol–water partition coefficient (Wildman–Crippen LogP) is 7.51. The van der Waals surface area contributed by atoms with Gasteiger partial charge in [-0.1, -0.05) is 50.3 Å². The fraction of sp³-hybridized carbons (Fsp3) is 0.405. The molecule has 1 aliphatic heterocycles.